The summed E-state index contributed by atoms with van der Waals surface area (Å²) in [6, 6.07) is 9.98. The number of rotatable bonds is 8. The van der Waals surface area contributed by atoms with Crippen LogP contribution in [0.25, 0.3) is 17.0 Å². The number of H-pyrrole nitrogens is 1. The Balaban J connectivity index is 1.34. The number of likely N-dealkylation sites (N-methyl/N-ethyl adjacent to an activating group) is 1. The zero-order chi connectivity index (χ0) is 23.5. The first-order valence-corrected chi connectivity index (χ1v) is 12.1. The second-order valence-electron chi connectivity index (χ2n) is 8.91. The van der Waals surface area contributed by atoms with Crippen LogP contribution in [0.4, 0.5) is 11.9 Å². The molecule has 178 valence electrons. The highest BCUT2D eigenvalue weighted by Gasteiger charge is 2.21. The number of fused-ring (bicyclic) bond motifs is 1. The molecule has 1 saturated heterocycles. The fourth-order valence-electron chi connectivity index (χ4n) is 4.23. The molecule has 0 amide bonds. The number of benzene rings is 1. The molecule has 0 spiro atoms. The highest BCUT2D eigenvalue weighted by molar-refractivity contribution is 5.56. The molecule has 4 heterocycles. The van der Waals surface area contributed by atoms with Gasteiger partial charge in [-0.15, -0.1) is 0 Å². The van der Waals surface area contributed by atoms with Crippen LogP contribution >= 0.6 is 0 Å². The Hall–Kier alpha value is -3.53. The smallest absolute Gasteiger partial charge is 0.230 e. The summed E-state index contributed by atoms with van der Waals surface area (Å²) in [7, 11) is 0. The normalized spacial score (nSPS) is 14.9. The SMILES string of the molecule is CCN1CCN(c2nc(NCCc3nc(-c4ccccc4)n[nH]3)n3ncc(C(C)C)c3n2)CC1. The van der Waals surface area contributed by atoms with E-state index in [1.54, 1.807) is 0 Å². The molecule has 1 aliphatic heterocycles. The fraction of sp³-hybridized carbons (Fsp3) is 0.458. The maximum absolute atomic E-state index is 4.92. The summed E-state index contributed by atoms with van der Waals surface area (Å²) < 4.78 is 1.82. The number of nitrogens with one attached hydrogen (secondary N) is 2. The fourth-order valence-corrected chi connectivity index (χ4v) is 4.23. The summed E-state index contributed by atoms with van der Waals surface area (Å²) in [5.41, 5.74) is 2.99. The van der Waals surface area contributed by atoms with Crippen molar-refractivity contribution >= 4 is 17.5 Å². The van der Waals surface area contributed by atoms with E-state index >= 15 is 0 Å². The van der Waals surface area contributed by atoms with Gasteiger partial charge in [0.05, 0.1) is 6.20 Å². The third-order valence-electron chi connectivity index (χ3n) is 6.32. The Morgan fingerprint density at radius 2 is 1.82 bits per heavy atom. The zero-order valence-electron chi connectivity index (χ0n) is 20.1. The van der Waals surface area contributed by atoms with Crippen LogP contribution in [-0.4, -0.2) is 78.9 Å². The van der Waals surface area contributed by atoms with Gasteiger partial charge in [-0.1, -0.05) is 51.1 Å². The predicted molar refractivity (Wildman–Crippen MR) is 133 cm³/mol. The number of piperazine rings is 1. The quantitative estimate of drug-likeness (QED) is 0.414. The number of hydrogen-bond acceptors (Lipinski definition) is 8. The maximum atomic E-state index is 4.92. The number of nitrogens with zero attached hydrogens (tertiary/aromatic N) is 8. The molecule has 1 fully saturated rings. The molecule has 0 radical (unpaired) electrons. The lowest BCUT2D eigenvalue weighted by Gasteiger charge is -2.34. The van der Waals surface area contributed by atoms with E-state index < -0.39 is 0 Å². The van der Waals surface area contributed by atoms with Crippen molar-refractivity contribution in [3.05, 3.63) is 47.9 Å². The first-order chi connectivity index (χ1) is 16.6. The van der Waals surface area contributed by atoms with Gasteiger partial charge in [-0.05, 0) is 12.5 Å². The van der Waals surface area contributed by atoms with Gasteiger partial charge in [-0.2, -0.15) is 24.7 Å². The summed E-state index contributed by atoms with van der Waals surface area (Å²) in [6.45, 7) is 12.2. The predicted octanol–water partition coefficient (Wildman–Crippen LogP) is 2.83. The molecule has 1 aliphatic rings. The molecule has 0 bridgehead atoms. The lowest BCUT2D eigenvalue weighted by Crippen LogP contribution is -2.46. The summed E-state index contributed by atoms with van der Waals surface area (Å²) in [4.78, 5) is 19.2. The second kappa shape index (κ2) is 9.76. The Kier molecular flexibility index (Phi) is 6.39. The lowest BCUT2D eigenvalue weighted by molar-refractivity contribution is 0.270. The minimum absolute atomic E-state index is 0.329. The van der Waals surface area contributed by atoms with Crippen molar-refractivity contribution in [1.82, 2.24) is 39.7 Å². The van der Waals surface area contributed by atoms with Crippen LogP contribution in [0.15, 0.2) is 36.5 Å². The monoisotopic (exact) mass is 460 g/mol. The number of aromatic amines is 1. The number of anilines is 2. The summed E-state index contributed by atoms with van der Waals surface area (Å²) in [6.07, 6.45) is 2.59. The number of hydrogen-bond donors (Lipinski definition) is 2. The van der Waals surface area contributed by atoms with E-state index in [4.69, 9.17) is 9.97 Å². The van der Waals surface area contributed by atoms with Crippen molar-refractivity contribution in [1.29, 1.82) is 0 Å². The highest BCUT2D eigenvalue weighted by Crippen LogP contribution is 2.24. The van der Waals surface area contributed by atoms with Gasteiger partial charge >= 0.3 is 0 Å². The standard InChI is InChI=1S/C24H32N10/c1-4-32-12-14-33(15-13-32)24-28-22-19(17(2)3)16-26-34(22)23(29-24)25-11-10-20-27-21(31-30-20)18-8-6-5-7-9-18/h5-9,16-17H,4,10-15H2,1-3H3,(H,25,28,29)(H,27,30,31). The van der Waals surface area contributed by atoms with Gasteiger partial charge < -0.3 is 15.1 Å². The van der Waals surface area contributed by atoms with Crippen molar-refractivity contribution in [3.8, 4) is 11.4 Å². The van der Waals surface area contributed by atoms with E-state index in [0.29, 0.717) is 30.7 Å². The Bertz CT molecular complexity index is 1220. The van der Waals surface area contributed by atoms with E-state index in [2.05, 4.69) is 56.2 Å². The second-order valence-corrected chi connectivity index (χ2v) is 8.91. The molecular formula is C24H32N10. The topological polar surface area (TPSA) is 103 Å². The van der Waals surface area contributed by atoms with Crippen LogP contribution in [0.5, 0.6) is 0 Å². The van der Waals surface area contributed by atoms with E-state index in [9.17, 15) is 0 Å². The highest BCUT2D eigenvalue weighted by atomic mass is 15.4. The Labute approximate surface area is 199 Å². The number of aromatic nitrogens is 7. The van der Waals surface area contributed by atoms with Crippen LogP contribution in [0.1, 0.15) is 38.1 Å². The molecule has 0 saturated carbocycles. The van der Waals surface area contributed by atoms with Crippen molar-refractivity contribution in [2.75, 3.05) is 49.5 Å². The molecule has 34 heavy (non-hydrogen) atoms. The third-order valence-corrected chi connectivity index (χ3v) is 6.32. The lowest BCUT2D eigenvalue weighted by atomic mass is 10.1. The average Bonchev–Trinajstić information content (AvgIpc) is 3.52. The van der Waals surface area contributed by atoms with Gasteiger partial charge in [-0.3, -0.25) is 5.10 Å². The van der Waals surface area contributed by atoms with Gasteiger partial charge in [-0.25, -0.2) is 4.98 Å². The van der Waals surface area contributed by atoms with Gasteiger partial charge in [0.15, 0.2) is 11.5 Å². The molecule has 10 nitrogen and oxygen atoms in total. The van der Waals surface area contributed by atoms with Gasteiger partial charge in [0.2, 0.25) is 11.9 Å². The van der Waals surface area contributed by atoms with E-state index in [1.165, 1.54) is 0 Å². The van der Waals surface area contributed by atoms with Crippen LogP contribution in [-0.2, 0) is 6.42 Å². The van der Waals surface area contributed by atoms with Crippen molar-refractivity contribution < 1.29 is 0 Å². The van der Waals surface area contributed by atoms with E-state index in [1.807, 2.05) is 41.0 Å². The van der Waals surface area contributed by atoms with Crippen LogP contribution in [0, 0.1) is 0 Å². The molecule has 4 aromatic rings. The summed E-state index contributed by atoms with van der Waals surface area (Å²) in [5.74, 6) is 3.33. The van der Waals surface area contributed by atoms with Crippen molar-refractivity contribution in [2.24, 2.45) is 0 Å². The molecule has 1 aromatic carbocycles. The first kappa shape index (κ1) is 22.3. The molecule has 3 aromatic heterocycles. The summed E-state index contributed by atoms with van der Waals surface area (Å²) in [5, 5.41) is 15.5. The molecule has 2 N–H and O–H groups in total. The van der Waals surface area contributed by atoms with Crippen LogP contribution in [0.2, 0.25) is 0 Å². The minimum atomic E-state index is 0.329. The maximum Gasteiger partial charge on any atom is 0.230 e. The van der Waals surface area contributed by atoms with E-state index in [0.717, 1.165) is 61.3 Å². The molecule has 0 unspecified atom stereocenters. The van der Waals surface area contributed by atoms with Gasteiger partial charge in [0.25, 0.3) is 0 Å². The molecule has 0 aliphatic carbocycles. The Morgan fingerprint density at radius 3 is 2.56 bits per heavy atom. The van der Waals surface area contributed by atoms with Crippen molar-refractivity contribution in [2.45, 2.75) is 33.1 Å². The molecule has 0 atom stereocenters. The largest absolute Gasteiger partial charge is 0.354 e. The third kappa shape index (κ3) is 4.58. The molecular weight excluding hydrogens is 428 g/mol. The van der Waals surface area contributed by atoms with Gasteiger partial charge in [0, 0.05) is 50.3 Å². The molecule has 10 heteroatoms. The zero-order valence-corrected chi connectivity index (χ0v) is 20.1. The Morgan fingerprint density at radius 1 is 1.03 bits per heavy atom. The van der Waals surface area contributed by atoms with Crippen molar-refractivity contribution in [3.63, 3.8) is 0 Å². The van der Waals surface area contributed by atoms with Gasteiger partial charge in [0.1, 0.15) is 5.82 Å². The average molecular weight is 461 g/mol. The minimum Gasteiger partial charge on any atom is -0.354 e. The molecule has 5 rings (SSSR count). The van der Waals surface area contributed by atoms with Crippen LogP contribution < -0.4 is 10.2 Å². The van der Waals surface area contributed by atoms with Crippen LogP contribution in [0.3, 0.4) is 0 Å². The summed E-state index contributed by atoms with van der Waals surface area (Å²) >= 11 is 0. The first-order valence-electron chi connectivity index (χ1n) is 12.1. The van der Waals surface area contributed by atoms with E-state index in [-0.39, 0.29) is 0 Å².